The molecule has 0 aromatic carbocycles. The first kappa shape index (κ1) is 12.0. The average molecular weight is 251 g/mol. The molecule has 0 aliphatic rings. The van der Waals surface area contributed by atoms with Crippen LogP contribution >= 0.6 is 11.6 Å². The van der Waals surface area contributed by atoms with E-state index in [0.717, 1.165) is 35.7 Å². The number of aromatic nitrogens is 4. The van der Waals surface area contributed by atoms with Crippen molar-refractivity contribution in [3.63, 3.8) is 0 Å². The van der Waals surface area contributed by atoms with E-state index in [2.05, 4.69) is 35.0 Å². The van der Waals surface area contributed by atoms with Gasteiger partial charge in [-0.15, -0.1) is 11.6 Å². The average Bonchev–Trinajstić information content (AvgIpc) is 2.82. The maximum Gasteiger partial charge on any atom is 0.172 e. The summed E-state index contributed by atoms with van der Waals surface area (Å²) in [5, 5.41) is 4.52. The van der Waals surface area contributed by atoms with Crippen LogP contribution < -0.4 is 0 Å². The van der Waals surface area contributed by atoms with Crippen molar-refractivity contribution < 1.29 is 0 Å². The van der Waals surface area contributed by atoms with Crippen molar-refractivity contribution in [1.82, 2.24) is 19.7 Å². The summed E-state index contributed by atoms with van der Waals surface area (Å²) in [5.74, 6) is 1.10. The van der Waals surface area contributed by atoms with Crippen LogP contribution in [0.1, 0.15) is 30.9 Å². The number of nitrogens with zero attached hydrogens (tertiary/aromatic N) is 4. The lowest BCUT2D eigenvalue weighted by molar-refractivity contribution is 0.762. The van der Waals surface area contributed by atoms with Crippen molar-refractivity contribution in [2.75, 3.05) is 0 Å². The lowest BCUT2D eigenvalue weighted by Crippen LogP contribution is -2.06. The molecule has 90 valence electrons. The van der Waals surface area contributed by atoms with E-state index in [1.54, 1.807) is 12.4 Å². The summed E-state index contributed by atoms with van der Waals surface area (Å²) in [6.07, 6.45) is 5.22. The van der Waals surface area contributed by atoms with Crippen molar-refractivity contribution in [3.8, 4) is 5.82 Å². The van der Waals surface area contributed by atoms with Gasteiger partial charge in [-0.25, -0.2) is 9.67 Å². The minimum Gasteiger partial charge on any atom is -0.259 e. The van der Waals surface area contributed by atoms with Gasteiger partial charge in [-0.05, 0) is 18.9 Å². The molecule has 0 N–H and O–H groups in total. The predicted octanol–water partition coefficient (Wildman–Crippen LogP) is 2.53. The van der Waals surface area contributed by atoms with Gasteiger partial charge in [0.15, 0.2) is 5.82 Å². The molecule has 0 amide bonds. The molecule has 0 unspecified atom stereocenters. The van der Waals surface area contributed by atoms with E-state index in [0.29, 0.717) is 5.88 Å². The zero-order valence-electron chi connectivity index (χ0n) is 10.0. The van der Waals surface area contributed by atoms with Crippen LogP contribution in [0.25, 0.3) is 5.82 Å². The second-order valence-corrected chi connectivity index (χ2v) is 4.02. The summed E-state index contributed by atoms with van der Waals surface area (Å²) < 4.78 is 1.85. The zero-order chi connectivity index (χ0) is 12.3. The molecular formula is C12H15ClN4. The van der Waals surface area contributed by atoms with Gasteiger partial charge in [-0.1, -0.05) is 13.8 Å². The molecule has 2 aromatic heterocycles. The highest BCUT2D eigenvalue weighted by Gasteiger charge is 2.09. The van der Waals surface area contributed by atoms with Crippen molar-refractivity contribution in [2.45, 2.75) is 32.6 Å². The first-order chi connectivity index (χ1) is 8.28. The third-order valence-corrected chi connectivity index (χ3v) is 2.86. The van der Waals surface area contributed by atoms with Gasteiger partial charge in [0.25, 0.3) is 0 Å². The van der Waals surface area contributed by atoms with E-state index >= 15 is 0 Å². The minimum absolute atomic E-state index is 0.365. The normalized spacial score (nSPS) is 10.8. The fraction of sp³-hybridized carbons (Fsp3) is 0.417. The van der Waals surface area contributed by atoms with Crippen molar-refractivity contribution in [1.29, 1.82) is 0 Å². The van der Waals surface area contributed by atoms with E-state index in [1.165, 1.54) is 0 Å². The monoisotopic (exact) mass is 250 g/mol. The maximum atomic E-state index is 5.76. The van der Waals surface area contributed by atoms with Gasteiger partial charge >= 0.3 is 0 Å². The molecule has 2 heterocycles. The SMILES string of the molecule is CCc1cc(CC)n(-c2cncc(CCl)n2)n1. The van der Waals surface area contributed by atoms with E-state index in [9.17, 15) is 0 Å². The van der Waals surface area contributed by atoms with Gasteiger partial charge in [0, 0.05) is 11.9 Å². The molecule has 2 rings (SSSR count). The minimum atomic E-state index is 0.365. The summed E-state index contributed by atoms with van der Waals surface area (Å²) in [6, 6.07) is 2.11. The Hall–Kier alpha value is -1.42. The predicted molar refractivity (Wildman–Crippen MR) is 67.5 cm³/mol. The van der Waals surface area contributed by atoms with Gasteiger partial charge in [-0.2, -0.15) is 5.10 Å². The smallest absolute Gasteiger partial charge is 0.172 e. The van der Waals surface area contributed by atoms with Crippen molar-refractivity contribution >= 4 is 11.6 Å². The molecule has 0 saturated heterocycles. The molecule has 0 fully saturated rings. The standard InChI is InChI=1S/C12H15ClN4/c1-3-9-5-11(4-2)17(16-9)12-8-14-7-10(6-13)15-12/h5,7-8H,3-4,6H2,1-2H3. The summed E-state index contributed by atoms with van der Waals surface area (Å²) in [6.45, 7) is 4.19. The molecule has 5 heteroatoms. The highest BCUT2D eigenvalue weighted by atomic mass is 35.5. The number of hydrogen-bond acceptors (Lipinski definition) is 3. The second kappa shape index (κ2) is 5.27. The Kier molecular flexibility index (Phi) is 3.74. The topological polar surface area (TPSA) is 43.6 Å². The van der Waals surface area contributed by atoms with Crippen LogP contribution in [0.3, 0.4) is 0 Å². The maximum absolute atomic E-state index is 5.76. The number of rotatable bonds is 4. The third kappa shape index (κ3) is 2.47. The molecule has 0 saturated carbocycles. The fourth-order valence-electron chi connectivity index (χ4n) is 1.66. The fourth-order valence-corrected chi connectivity index (χ4v) is 1.79. The van der Waals surface area contributed by atoms with E-state index in [-0.39, 0.29) is 0 Å². The van der Waals surface area contributed by atoms with Crippen molar-refractivity contribution in [3.05, 3.63) is 35.5 Å². The Bertz CT molecular complexity index is 507. The number of alkyl halides is 1. The summed E-state index contributed by atoms with van der Waals surface area (Å²) >= 11 is 5.76. The Labute approximate surface area is 106 Å². The van der Waals surface area contributed by atoms with E-state index in [1.807, 2.05) is 4.68 Å². The Morgan fingerprint density at radius 2 is 2.00 bits per heavy atom. The van der Waals surface area contributed by atoms with Gasteiger partial charge in [-0.3, -0.25) is 4.98 Å². The molecule has 0 atom stereocenters. The molecule has 2 aromatic rings. The summed E-state index contributed by atoms with van der Waals surface area (Å²) in [4.78, 5) is 8.56. The quantitative estimate of drug-likeness (QED) is 0.784. The van der Waals surface area contributed by atoms with Crippen LogP contribution in [0.2, 0.25) is 0 Å². The van der Waals surface area contributed by atoms with Crippen LogP contribution in [0, 0.1) is 0 Å². The van der Waals surface area contributed by atoms with E-state index < -0.39 is 0 Å². The number of halogens is 1. The van der Waals surface area contributed by atoms with E-state index in [4.69, 9.17) is 11.6 Å². The first-order valence-electron chi connectivity index (χ1n) is 5.73. The molecular weight excluding hydrogens is 236 g/mol. The largest absolute Gasteiger partial charge is 0.259 e. The molecule has 4 nitrogen and oxygen atoms in total. The lowest BCUT2D eigenvalue weighted by atomic mass is 10.3. The van der Waals surface area contributed by atoms with Crippen LogP contribution in [0.15, 0.2) is 18.5 Å². The third-order valence-electron chi connectivity index (χ3n) is 2.58. The van der Waals surface area contributed by atoms with Gasteiger partial charge in [0.2, 0.25) is 0 Å². The number of aryl methyl sites for hydroxylation is 2. The molecule has 0 aliphatic carbocycles. The molecule has 17 heavy (non-hydrogen) atoms. The second-order valence-electron chi connectivity index (χ2n) is 3.75. The summed E-state index contributed by atoms with van der Waals surface area (Å²) in [7, 11) is 0. The molecule has 0 radical (unpaired) electrons. The Balaban J connectivity index is 2.47. The Morgan fingerprint density at radius 1 is 1.18 bits per heavy atom. The first-order valence-corrected chi connectivity index (χ1v) is 6.27. The van der Waals surface area contributed by atoms with Gasteiger partial charge < -0.3 is 0 Å². The number of hydrogen-bond donors (Lipinski definition) is 0. The van der Waals surface area contributed by atoms with Crippen LogP contribution in [0.4, 0.5) is 0 Å². The molecule has 0 aliphatic heterocycles. The zero-order valence-corrected chi connectivity index (χ0v) is 10.8. The van der Waals surface area contributed by atoms with Gasteiger partial charge in [0.05, 0.1) is 23.5 Å². The highest BCUT2D eigenvalue weighted by Crippen LogP contribution is 2.12. The lowest BCUT2D eigenvalue weighted by Gasteiger charge is -2.05. The molecule has 0 spiro atoms. The Morgan fingerprint density at radius 3 is 2.65 bits per heavy atom. The highest BCUT2D eigenvalue weighted by molar-refractivity contribution is 6.16. The molecule has 0 bridgehead atoms. The van der Waals surface area contributed by atoms with Gasteiger partial charge in [0.1, 0.15) is 0 Å². The summed E-state index contributed by atoms with van der Waals surface area (Å²) in [5.41, 5.74) is 2.97. The van der Waals surface area contributed by atoms with Crippen LogP contribution in [0.5, 0.6) is 0 Å². The van der Waals surface area contributed by atoms with Crippen LogP contribution in [-0.2, 0) is 18.7 Å². The van der Waals surface area contributed by atoms with Crippen LogP contribution in [-0.4, -0.2) is 19.7 Å². The van der Waals surface area contributed by atoms with Crippen molar-refractivity contribution in [2.24, 2.45) is 0 Å².